The number of nitrogens with one attached hydrogen (secondary N) is 4. The van der Waals surface area contributed by atoms with Crippen molar-refractivity contribution < 1.29 is 80.6 Å². The largest absolute Gasteiger partial charge is 0.416 e. The molecule has 0 fully saturated rings. The molecular formula is C90H66F14N12O4. The summed E-state index contributed by atoms with van der Waals surface area (Å²) in [6.07, 6.45) is -17.5. The first-order valence-corrected chi connectivity index (χ1v) is 36.6. The molecule has 4 N–H and O–H groups in total. The van der Waals surface area contributed by atoms with Crippen LogP contribution in [0.25, 0.3) is 43.6 Å². The van der Waals surface area contributed by atoms with Crippen molar-refractivity contribution >= 4 is 90.5 Å². The van der Waals surface area contributed by atoms with E-state index in [9.17, 15) is 80.6 Å². The third-order valence-electron chi connectivity index (χ3n) is 18.9. The van der Waals surface area contributed by atoms with Crippen molar-refractivity contribution in [3.63, 3.8) is 0 Å². The highest BCUT2D eigenvalue weighted by Gasteiger charge is 2.33. The highest BCUT2D eigenvalue weighted by Crippen LogP contribution is 2.36. The third-order valence-corrected chi connectivity index (χ3v) is 18.9. The maximum absolute atomic E-state index is 13.4. The summed E-state index contributed by atoms with van der Waals surface area (Å²) in [7, 11) is 0. The number of carbonyl (C=O) groups is 4. The molecule has 16 nitrogen and oxygen atoms in total. The molecular weight excluding hydrogens is 1580 g/mol. The van der Waals surface area contributed by atoms with E-state index in [1.54, 1.807) is 91.5 Å². The van der Waals surface area contributed by atoms with E-state index in [2.05, 4.69) is 41.7 Å². The number of aryl methyl sites for hydroxylation is 2. The van der Waals surface area contributed by atoms with Crippen molar-refractivity contribution in [2.24, 2.45) is 0 Å². The monoisotopic (exact) mass is 1640 g/mol. The molecule has 16 rings (SSSR count). The van der Waals surface area contributed by atoms with Crippen molar-refractivity contribution in [1.82, 2.24) is 39.1 Å². The van der Waals surface area contributed by atoms with Crippen LogP contribution in [0.4, 0.5) is 84.7 Å². The number of benzene rings is 12. The maximum atomic E-state index is 13.4. The molecule has 0 aliphatic heterocycles. The SMILES string of the molecule is Cc1ccc(C(=O)Nc2nn(Cc3ccc(C(F)(F)F)cc3)c3ccccc23)cc1.Cc1ccccc1C(=O)Nc1nn(Cc2ccc(C(F)(F)F)cc2)c2ccccc12.O=C(Nc1nn(Cc2ccc(C(F)(F)F)cc2)c2ccccc12)c1ccc(F)cc1.O=C(Nc1nn(Cc2ccc(C(F)(F)F)cc2)c2ccccc12)c1cccc(F)c1. The summed E-state index contributed by atoms with van der Waals surface area (Å²) in [4.78, 5) is 50.3. The molecule has 0 unspecified atom stereocenters. The van der Waals surface area contributed by atoms with Gasteiger partial charge >= 0.3 is 24.7 Å². The summed E-state index contributed by atoms with van der Waals surface area (Å²) in [5.41, 5.74) is 6.14. The predicted octanol–water partition coefficient (Wildman–Crippen LogP) is 22.3. The van der Waals surface area contributed by atoms with E-state index in [4.69, 9.17) is 0 Å². The Morgan fingerprint density at radius 2 is 0.558 bits per heavy atom. The first-order chi connectivity index (χ1) is 57.3. The van der Waals surface area contributed by atoms with Crippen molar-refractivity contribution in [2.75, 3.05) is 21.3 Å². The zero-order chi connectivity index (χ0) is 85.2. The molecule has 4 heterocycles. The van der Waals surface area contributed by atoms with Crippen molar-refractivity contribution in [2.45, 2.75) is 64.7 Å². The van der Waals surface area contributed by atoms with Crippen LogP contribution in [-0.4, -0.2) is 62.8 Å². The minimum absolute atomic E-state index is 0.149. The van der Waals surface area contributed by atoms with E-state index in [1.165, 1.54) is 91.0 Å². The second kappa shape index (κ2) is 35.5. The number of rotatable bonds is 16. The second-order valence-corrected chi connectivity index (χ2v) is 27.4. The average Bonchev–Trinajstić information content (AvgIpc) is 1.66. The van der Waals surface area contributed by atoms with E-state index in [-0.39, 0.29) is 54.9 Å². The molecule has 16 aromatic rings. The molecule has 120 heavy (non-hydrogen) atoms. The first-order valence-electron chi connectivity index (χ1n) is 36.6. The summed E-state index contributed by atoms with van der Waals surface area (Å²) >= 11 is 0. The fourth-order valence-corrected chi connectivity index (χ4v) is 12.7. The molecule has 0 bridgehead atoms. The fraction of sp³-hybridized carbons (Fsp3) is 0.111. The number of hydrogen-bond acceptors (Lipinski definition) is 8. The number of amides is 4. The maximum Gasteiger partial charge on any atom is 0.416 e. The van der Waals surface area contributed by atoms with Gasteiger partial charge in [0.1, 0.15) is 11.6 Å². The van der Waals surface area contributed by atoms with Crippen LogP contribution in [0, 0.1) is 25.5 Å². The molecule has 0 radical (unpaired) electrons. The number of fused-ring (bicyclic) bond motifs is 4. The van der Waals surface area contributed by atoms with Crippen LogP contribution < -0.4 is 21.3 Å². The Hall–Kier alpha value is -14.6. The Morgan fingerprint density at radius 1 is 0.283 bits per heavy atom. The zero-order valence-corrected chi connectivity index (χ0v) is 63.0. The van der Waals surface area contributed by atoms with E-state index in [1.807, 2.05) is 86.6 Å². The van der Waals surface area contributed by atoms with Crippen LogP contribution in [0.2, 0.25) is 0 Å². The number of carbonyl (C=O) groups excluding carboxylic acids is 4. The van der Waals surface area contributed by atoms with Gasteiger partial charge in [0.25, 0.3) is 23.6 Å². The lowest BCUT2D eigenvalue weighted by atomic mass is 10.1. The van der Waals surface area contributed by atoms with Gasteiger partial charge in [0.2, 0.25) is 0 Å². The standard InChI is InChI=1S/2C23H18F3N3O.2C22H15F4N3O/c1-15-6-2-3-7-18(15)22(30)27-21-19-8-4-5-9-20(19)29(28-21)14-16-10-12-17(13-11-16)23(24,25)26;1-15-6-10-17(11-7-15)22(30)27-21-19-4-2-3-5-20(19)29(28-21)14-16-8-12-18(13-9-16)23(24,25)26;23-17-5-3-4-15(12-17)21(30)27-20-18-6-1-2-7-19(18)29(28-20)13-14-8-10-16(11-9-14)22(24,25)26;23-17-11-7-15(8-12-17)21(30)27-20-18-3-1-2-4-19(18)29(28-20)13-14-5-9-16(10-6-14)22(24,25)26/h2*2-13H,14H2,1H3,(H,27,28,30);2*1-12H,13H2,(H,27,28,30). The molecule has 0 aliphatic carbocycles. The molecule has 30 heteroatoms. The number of para-hydroxylation sites is 4. The summed E-state index contributed by atoms with van der Waals surface area (Å²) in [6.45, 7) is 4.80. The Kier molecular flexibility index (Phi) is 24.6. The number of hydrogen-bond donors (Lipinski definition) is 4. The fourth-order valence-electron chi connectivity index (χ4n) is 12.7. The summed E-state index contributed by atoms with van der Waals surface area (Å²) < 4.78 is 186. The van der Waals surface area contributed by atoms with Gasteiger partial charge < -0.3 is 21.3 Å². The van der Waals surface area contributed by atoms with Gasteiger partial charge in [-0.1, -0.05) is 139 Å². The number of halogens is 14. The van der Waals surface area contributed by atoms with E-state index in [0.717, 1.165) is 87.5 Å². The van der Waals surface area contributed by atoms with Crippen molar-refractivity contribution in [3.8, 4) is 0 Å². The number of aromatic nitrogens is 8. The van der Waals surface area contributed by atoms with Gasteiger partial charge in [-0.3, -0.25) is 37.9 Å². The third kappa shape index (κ3) is 20.4. The van der Waals surface area contributed by atoms with Gasteiger partial charge in [0.15, 0.2) is 23.3 Å². The van der Waals surface area contributed by atoms with Gasteiger partial charge in [-0.2, -0.15) is 73.1 Å². The van der Waals surface area contributed by atoms with Crippen LogP contribution >= 0.6 is 0 Å². The van der Waals surface area contributed by atoms with Crippen molar-refractivity contribution in [3.05, 3.63) is 381 Å². The molecule has 4 amide bonds. The highest BCUT2D eigenvalue weighted by molar-refractivity contribution is 6.11. The number of anilines is 4. The van der Waals surface area contributed by atoms with Crippen LogP contribution in [0.3, 0.4) is 0 Å². The van der Waals surface area contributed by atoms with Gasteiger partial charge in [-0.05, 0) is 199 Å². The lowest BCUT2D eigenvalue weighted by Crippen LogP contribution is -2.14. The molecule has 4 aromatic heterocycles. The van der Waals surface area contributed by atoms with Crippen molar-refractivity contribution in [1.29, 1.82) is 0 Å². The normalized spacial score (nSPS) is 11.6. The highest BCUT2D eigenvalue weighted by atomic mass is 19.4. The van der Waals surface area contributed by atoms with Gasteiger partial charge in [-0.25, -0.2) is 8.78 Å². The topological polar surface area (TPSA) is 188 Å². The van der Waals surface area contributed by atoms with Gasteiger partial charge in [0, 0.05) is 43.8 Å². The van der Waals surface area contributed by atoms with E-state index >= 15 is 0 Å². The Morgan fingerprint density at radius 3 is 0.858 bits per heavy atom. The second-order valence-electron chi connectivity index (χ2n) is 27.4. The van der Waals surface area contributed by atoms with Crippen LogP contribution in [0.1, 0.15) is 97.1 Å². The smallest absolute Gasteiger partial charge is 0.305 e. The van der Waals surface area contributed by atoms with Gasteiger partial charge in [-0.15, -0.1) is 0 Å². The van der Waals surface area contributed by atoms with Crippen LogP contribution in [0.5, 0.6) is 0 Å². The zero-order valence-electron chi connectivity index (χ0n) is 63.0. The summed E-state index contributed by atoms with van der Waals surface area (Å²) in [5, 5.41) is 31.8. The van der Waals surface area contributed by atoms with Crippen LogP contribution in [-0.2, 0) is 50.9 Å². The minimum atomic E-state index is -4.40. The minimum Gasteiger partial charge on any atom is -0.305 e. The Balaban J connectivity index is 0.000000138. The molecule has 608 valence electrons. The lowest BCUT2D eigenvalue weighted by molar-refractivity contribution is -0.138. The van der Waals surface area contributed by atoms with E-state index in [0.29, 0.717) is 72.6 Å². The molecule has 12 aromatic carbocycles. The average molecular weight is 1650 g/mol. The predicted molar refractivity (Wildman–Crippen MR) is 428 cm³/mol. The Bertz CT molecular complexity index is 6160. The quantitative estimate of drug-likeness (QED) is 0.0688. The first kappa shape index (κ1) is 83.4. The van der Waals surface area contributed by atoms with Gasteiger partial charge in [0.05, 0.1) is 70.5 Å². The molecule has 0 saturated carbocycles. The summed E-state index contributed by atoms with van der Waals surface area (Å²) in [5.74, 6) is -1.07. The lowest BCUT2D eigenvalue weighted by Gasteiger charge is -2.08. The molecule has 0 saturated heterocycles. The Labute approximate surface area is 674 Å². The summed E-state index contributed by atoms with van der Waals surface area (Å²) in [6, 6.07) is 73.6. The molecule has 0 spiro atoms. The van der Waals surface area contributed by atoms with Crippen LogP contribution in [0.15, 0.2) is 291 Å². The molecule has 0 aliphatic rings. The number of alkyl halides is 12. The number of nitrogens with zero attached hydrogens (tertiary/aromatic N) is 8. The molecule has 0 atom stereocenters. The van der Waals surface area contributed by atoms with E-state index < -0.39 is 70.4 Å².